The summed E-state index contributed by atoms with van der Waals surface area (Å²) in [6, 6.07) is 13.7. The normalized spacial score (nSPS) is 11.6. The molecule has 9 heteroatoms. The highest BCUT2D eigenvalue weighted by Crippen LogP contribution is 2.38. The largest absolute Gasteiger partial charge is 0.493 e. The SMILES string of the molecule is COc1cccc(-c2nc(CSc3nc4ccccc4n4c(C(C)C)nnc34)c(C)o2)c1OC. The number of para-hydroxylation sites is 3. The lowest BCUT2D eigenvalue weighted by atomic mass is 10.2. The summed E-state index contributed by atoms with van der Waals surface area (Å²) < 4.78 is 19.1. The van der Waals surface area contributed by atoms with Gasteiger partial charge in [0.15, 0.2) is 17.1 Å². The minimum absolute atomic E-state index is 0.233. The smallest absolute Gasteiger partial charge is 0.230 e. The summed E-state index contributed by atoms with van der Waals surface area (Å²) in [5.74, 6) is 4.18. The van der Waals surface area contributed by atoms with Crippen molar-refractivity contribution in [3.05, 3.63) is 59.7 Å². The number of benzene rings is 2. The van der Waals surface area contributed by atoms with E-state index in [0.717, 1.165) is 44.5 Å². The Morgan fingerprint density at radius 1 is 1.00 bits per heavy atom. The number of aryl methyl sites for hydroxylation is 1. The first-order valence-electron chi connectivity index (χ1n) is 11.0. The standard InChI is InChI=1S/C25H25N5O3S/c1-14(2)22-28-29-23-25(27-17-10-6-7-11-19(17)30(22)23)34-13-18-15(3)33-24(26-18)16-9-8-12-20(31-4)21(16)32-5/h6-12,14H,13H2,1-5H3. The molecule has 0 unspecified atom stereocenters. The highest BCUT2D eigenvalue weighted by molar-refractivity contribution is 7.98. The molecule has 5 rings (SSSR count). The maximum Gasteiger partial charge on any atom is 0.230 e. The van der Waals surface area contributed by atoms with Crippen LogP contribution in [-0.4, -0.2) is 38.8 Å². The first-order valence-corrected chi connectivity index (χ1v) is 11.9. The van der Waals surface area contributed by atoms with Gasteiger partial charge < -0.3 is 13.9 Å². The zero-order chi connectivity index (χ0) is 23.8. The van der Waals surface area contributed by atoms with Crippen molar-refractivity contribution in [2.24, 2.45) is 0 Å². The Balaban J connectivity index is 1.51. The average molecular weight is 476 g/mol. The topological polar surface area (TPSA) is 87.6 Å². The maximum atomic E-state index is 6.01. The number of ether oxygens (including phenoxy) is 2. The minimum atomic E-state index is 0.233. The third-order valence-electron chi connectivity index (χ3n) is 5.61. The van der Waals surface area contributed by atoms with Crippen molar-refractivity contribution < 1.29 is 13.9 Å². The molecule has 0 atom stereocenters. The van der Waals surface area contributed by atoms with Crippen molar-refractivity contribution in [2.45, 2.75) is 37.5 Å². The van der Waals surface area contributed by atoms with Gasteiger partial charge in [-0.3, -0.25) is 4.40 Å². The monoisotopic (exact) mass is 475 g/mol. The third-order valence-corrected chi connectivity index (χ3v) is 6.58. The molecule has 3 heterocycles. The molecule has 2 aromatic carbocycles. The zero-order valence-electron chi connectivity index (χ0n) is 19.7. The van der Waals surface area contributed by atoms with Crippen molar-refractivity contribution in [1.82, 2.24) is 24.6 Å². The van der Waals surface area contributed by atoms with Crippen LogP contribution in [-0.2, 0) is 5.75 Å². The summed E-state index contributed by atoms with van der Waals surface area (Å²) >= 11 is 1.57. The number of methoxy groups -OCH3 is 2. The van der Waals surface area contributed by atoms with E-state index < -0.39 is 0 Å². The van der Waals surface area contributed by atoms with Gasteiger partial charge in [0.05, 0.1) is 36.5 Å². The molecule has 0 N–H and O–H groups in total. The molecule has 0 spiro atoms. The number of fused-ring (bicyclic) bond motifs is 3. The van der Waals surface area contributed by atoms with Gasteiger partial charge in [-0.2, -0.15) is 0 Å². The molecular weight excluding hydrogens is 450 g/mol. The highest BCUT2D eigenvalue weighted by Gasteiger charge is 2.21. The fourth-order valence-electron chi connectivity index (χ4n) is 3.92. The van der Waals surface area contributed by atoms with Crippen molar-refractivity contribution in [1.29, 1.82) is 0 Å². The van der Waals surface area contributed by atoms with E-state index in [4.69, 9.17) is 23.9 Å². The number of thioether (sulfide) groups is 1. The van der Waals surface area contributed by atoms with Crippen molar-refractivity contribution >= 4 is 28.4 Å². The maximum absolute atomic E-state index is 6.01. The minimum Gasteiger partial charge on any atom is -0.493 e. The Labute approximate surface area is 201 Å². The summed E-state index contributed by atoms with van der Waals surface area (Å²) in [6.45, 7) is 6.15. The van der Waals surface area contributed by atoms with Crippen LogP contribution >= 0.6 is 11.8 Å². The summed E-state index contributed by atoms with van der Waals surface area (Å²) in [7, 11) is 3.21. The molecule has 174 valence electrons. The molecule has 0 saturated carbocycles. The van der Waals surface area contributed by atoms with Crippen LogP contribution in [0.5, 0.6) is 11.5 Å². The summed E-state index contributed by atoms with van der Waals surface area (Å²) in [4.78, 5) is 9.64. The van der Waals surface area contributed by atoms with Crippen LogP contribution < -0.4 is 9.47 Å². The van der Waals surface area contributed by atoms with E-state index in [0.29, 0.717) is 23.1 Å². The quantitative estimate of drug-likeness (QED) is 0.278. The van der Waals surface area contributed by atoms with Crippen LogP contribution in [0, 0.1) is 6.92 Å². The molecule has 0 bridgehead atoms. The molecule has 0 saturated heterocycles. The third kappa shape index (κ3) is 3.75. The number of hydrogen-bond acceptors (Lipinski definition) is 8. The second-order valence-corrected chi connectivity index (χ2v) is 9.09. The molecule has 0 aliphatic carbocycles. The Bertz CT molecular complexity index is 1490. The van der Waals surface area contributed by atoms with Gasteiger partial charge in [0.2, 0.25) is 5.89 Å². The van der Waals surface area contributed by atoms with Gasteiger partial charge in [-0.15, -0.1) is 10.2 Å². The van der Waals surface area contributed by atoms with Crippen molar-refractivity contribution in [3.8, 4) is 23.0 Å². The molecule has 0 aliphatic heterocycles. The van der Waals surface area contributed by atoms with Crippen LogP contribution in [0.4, 0.5) is 0 Å². The molecule has 0 amide bonds. The second kappa shape index (κ2) is 8.98. The van der Waals surface area contributed by atoms with Crippen LogP contribution in [0.3, 0.4) is 0 Å². The second-order valence-electron chi connectivity index (χ2n) is 8.13. The lowest BCUT2D eigenvalue weighted by molar-refractivity contribution is 0.355. The summed E-state index contributed by atoms with van der Waals surface area (Å²) in [6.07, 6.45) is 0. The first-order chi connectivity index (χ1) is 16.5. The van der Waals surface area contributed by atoms with E-state index in [9.17, 15) is 0 Å². The predicted molar refractivity (Wildman–Crippen MR) is 132 cm³/mol. The number of rotatable bonds is 7. The fraction of sp³-hybridized carbons (Fsp3) is 0.280. The van der Waals surface area contributed by atoms with E-state index in [1.165, 1.54) is 0 Å². The summed E-state index contributed by atoms with van der Waals surface area (Å²) in [5, 5.41) is 9.74. The zero-order valence-corrected chi connectivity index (χ0v) is 20.5. The van der Waals surface area contributed by atoms with Crippen LogP contribution in [0.2, 0.25) is 0 Å². The van der Waals surface area contributed by atoms with Crippen LogP contribution in [0.15, 0.2) is 51.9 Å². The van der Waals surface area contributed by atoms with Gasteiger partial charge in [-0.1, -0.05) is 43.8 Å². The van der Waals surface area contributed by atoms with Gasteiger partial charge in [0.1, 0.15) is 16.6 Å². The number of nitrogens with zero attached hydrogens (tertiary/aromatic N) is 5. The van der Waals surface area contributed by atoms with Crippen LogP contribution in [0.25, 0.3) is 28.1 Å². The Morgan fingerprint density at radius 2 is 1.82 bits per heavy atom. The highest BCUT2D eigenvalue weighted by atomic mass is 32.2. The molecule has 34 heavy (non-hydrogen) atoms. The van der Waals surface area contributed by atoms with Gasteiger partial charge in [0, 0.05) is 11.7 Å². The molecular formula is C25H25N5O3S. The van der Waals surface area contributed by atoms with E-state index in [1.807, 2.05) is 43.3 Å². The van der Waals surface area contributed by atoms with E-state index in [2.05, 4.69) is 34.5 Å². The van der Waals surface area contributed by atoms with Crippen molar-refractivity contribution in [3.63, 3.8) is 0 Å². The lowest BCUT2D eigenvalue weighted by Crippen LogP contribution is -2.01. The van der Waals surface area contributed by atoms with Crippen LogP contribution in [0.1, 0.15) is 37.0 Å². The number of oxazole rings is 1. The lowest BCUT2D eigenvalue weighted by Gasteiger charge is -2.10. The molecule has 8 nitrogen and oxygen atoms in total. The first kappa shape index (κ1) is 22.2. The summed E-state index contributed by atoms with van der Waals surface area (Å²) in [5.41, 5.74) is 4.23. The number of aromatic nitrogens is 5. The van der Waals surface area contributed by atoms with Crippen molar-refractivity contribution in [2.75, 3.05) is 14.2 Å². The fourth-order valence-corrected chi connectivity index (χ4v) is 4.88. The van der Waals surface area contributed by atoms with Gasteiger partial charge in [-0.05, 0) is 31.2 Å². The Morgan fingerprint density at radius 3 is 2.59 bits per heavy atom. The van der Waals surface area contributed by atoms with Gasteiger partial charge in [-0.25, -0.2) is 9.97 Å². The Hall–Kier alpha value is -3.59. The molecule has 0 radical (unpaired) electrons. The molecule has 0 aliphatic rings. The number of hydrogen-bond donors (Lipinski definition) is 0. The van der Waals surface area contributed by atoms with E-state index >= 15 is 0 Å². The van der Waals surface area contributed by atoms with Gasteiger partial charge in [0.25, 0.3) is 0 Å². The molecule has 5 aromatic rings. The van der Waals surface area contributed by atoms with Gasteiger partial charge >= 0.3 is 0 Å². The Kier molecular flexibility index (Phi) is 5.87. The van der Waals surface area contributed by atoms with E-state index in [1.54, 1.807) is 26.0 Å². The molecule has 3 aromatic heterocycles. The average Bonchev–Trinajstić information content (AvgIpc) is 3.46. The molecule has 0 fully saturated rings. The van der Waals surface area contributed by atoms with E-state index in [-0.39, 0.29) is 5.92 Å². The predicted octanol–water partition coefficient (Wildman–Crippen LogP) is 5.67.